The monoisotopic (exact) mass is 525 g/mol. The number of hydrogen-bond acceptors (Lipinski definition) is 8. The number of aliphatic hydroxyl groups is 1. The zero-order valence-electron chi connectivity index (χ0n) is 20.4. The van der Waals surface area contributed by atoms with E-state index in [2.05, 4.69) is 0 Å². The summed E-state index contributed by atoms with van der Waals surface area (Å²) in [6.45, 7) is 0. The molecule has 2 N–H and O–H groups in total. The number of carbonyl (C=O) groups excluding carboxylic acids is 2. The van der Waals surface area contributed by atoms with Crippen LogP contribution in [0.1, 0.15) is 17.2 Å². The van der Waals surface area contributed by atoms with Gasteiger partial charge in [-0.1, -0.05) is 23.7 Å². The van der Waals surface area contributed by atoms with Gasteiger partial charge in [-0.15, -0.1) is 0 Å². The fraction of sp³-hybridized carbons (Fsp3) is 0.185. The molecule has 9 nitrogen and oxygen atoms in total. The number of para-hydroxylation sites is 2. The van der Waals surface area contributed by atoms with E-state index in [1.54, 1.807) is 24.3 Å². The number of ether oxygens (including phenoxy) is 4. The van der Waals surface area contributed by atoms with Gasteiger partial charge in [0.05, 0.1) is 50.8 Å². The highest BCUT2D eigenvalue weighted by atomic mass is 35.5. The third-order valence-corrected chi connectivity index (χ3v) is 6.31. The molecule has 3 aromatic rings. The lowest BCUT2D eigenvalue weighted by molar-refractivity contribution is -0.132. The second-order valence-electron chi connectivity index (χ2n) is 7.97. The molecule has 0 aliphatic carbocycles. The topological polar surface area (TPSA) is 115 Å². The van der Waals surface area contributed by atoms with Gasteiger partial charge in [0.2, 0.25) is 5.75 Å². The van der Waals surface area contributed by atoms with E-state index in [4.69, 9.17) is 30.5 Å². The molecule has 1 aliphatic heterocycles. The van der Waals surface area contributed by atoms with Crippen molar-refractivity contribution in [1.82, 2.24) is 0 Å². The summed E-state index contributed by atoms with van der Waals surface area (Å²) in [5, 5.41) is 22.1. The summed E-state index contributed by atoms with van der Waals surface area (Å²) in [4.78, 5) is 27.9. The number of ketones is 1. The Kier molecular flexibility index (Phi) is 7.17. The number of rotatable bonds is 7. The van der Waals surface area contributed by atoms with Crippen molar-refractivity contribution in [3.8, 4) is 28.7 Å². The van der Waals surface area contributed by atoms with Gasteiger partial charge < -0.3 is 29.2 Å². The molecule has 4 rings (SSSR count). The van der Waals surface area contributed by atoms with Crippen molar-refractivity contribution < 1.29 is 38.7 Å². The van der Waals surface area contributed by atoms with Gasteiger partial charge in [0.25, 0.3) is 11.7 Å². The molecule has 0 aromatic heterocycles. The van der Waals surface area contributed by atoms with Crippen LogP contribution in [0.3, 0.4) is 0 Å². The first kappa shape index (κ1) is 25.7. The number of phenols is 1. The van der Waals surface area contributed by atoms with Gasteiger partial charge in [-0.3, -0.25) is 14.5 Å². The number of aliphatic hydroxyl groups excluding tert-OH is 1. The van der Waals surface area contributed by atoms with Gasteiger partial charge in [0.1, 0.15) is 17.3 Å². The Morgan fingerprint density at radius 3 is 2.03 bits per heavy atom. The first-order chi connectivity index (χ1) is 17.8. The van der Waals surface area contributed by atoms with E-state index >= 15 is 0 Å². The summed E-state index contributed by atoms with van der Waals surface area (Å²) in [6.07, 6.45) is 0. The summed E-state index contributed by atoms with van der Waals surface area (Å²) >= 11 is 6.26. The summed E-state index contributed by atoms with van der Waals surface area (Å²) in [6, 6.07) is 12.5. The lowest BCUT2D eigenvalue weighted by atomic mass is 9.94. The Bertz CT molecular complexity index is 1390. The molecule has 1 saturated heterocycles. The molecule has 3 aromatic carbocycles. The van der Waals surface area contributed by atoms with Crippen molar-refractivity contribution in [2.24, 2.45) is 0 Å². The molecular formula is C27H24ClNO8. The number of nitrogens with zero attached hydrogens (tertiary/aromatic N) is 1. The SMILES string of the molecule is COc1ccc(/C(O)=C2\C(=O)C(=O)N(c3ccccc3O)C2c2cc(OC)c(OC)c(OC)c2)cc1Cl. The maximum Gasteiger partial charge on any atom is 0.300 e. The molecule has 0 radical (unpaired) electrons. The zero-order chi connectivity index (χ0) is 26.9. The van der Waals surface area contributed by atoms with E-state index < -0.39 is 23.5 Å². The summed E-state index contributed by atoms with van der Waals surface area (Å²) in [7, 11) is 5.76. The Hall–Kier alpha value is -4.37. The van der Waals surface area contributed by atoms with E-state index in [1.165, 1.54) is 58.8 Å². The standard InChI is InChI=1S/C27H24ClNO8/c1-34-19-10-9-14(11-16(19)28)24(31)22-23(15-12-20(35-2)26(37-4)21(13-15)36-3)29(27(33)25(22)32)17-7-5-6-8-18(17)30/h5-13,23,30-31H,1-4H3/b24-22+. The fourth-order valence-electron chi connectivity index (χ4n) is 4.29. The quantitative estimate of drug-likeness (QED) is 0.259. The highest BCUT2D eigenvalue weighted by Gasteiger charge is 2.48. The predicted octanol–water partition coefficient (Wildman–Crippen LogP) is 4.71. The van der Waals surface area contributed by atoms with Crippen molar-refractivity contribution in [3.05, 3.63) is 76.3 Å². The number of hydrogen-bond donors (Lipinski definition) is 2. The van der Waals surface area contributed by atoms with Crippen LogP contribution in [0.5, 0.6) is 28.7 Å². The summed E-state index contributed by atoms with van der Waals surface area (Å²) < 4.78 is 21.5. The van der Waals surface area contributed by atoms with E-state index in [1.807, 2.05) is 0 Å². The Morgan fingerprint density at radius 2 is 1.49 bits per heavy atom. The third kappa shape index (κ3) is 4.38. The fourth-order valence-corrected chi connectivity index (χ4v) is 4.55. The van der Waals surface area contributed by atoms with Gasteiger partial charge >= 0.3 is 0 Å². The van der Waals surface area contributed by atoms with Crippen LogP contribution < -0.4 is 23.8 Å². The molecular weight excluding hydrogens is 502 g/mol. The van der Waals surface area contributed by atoms with E-state index in [0.717, 1.165) is 4.90 Å². The van der Waals surface area contributed by atoms with Crippen molar-refractivity contribution in [3.63, 3.8) is 0 Å². The number of aromatic hydroxyl groups is 1. The molecule has 1 atom stereocenters. The Morgan fingerprint density at radius 1 is 0.865 bits per heavy atom. The number of methoxy groups -OCH3 is 4. The number of amides is 1. The minimum atomic E-state index is -1.16. The maximum absolute atomic E-state index is 13.4. The lowest BCUT2D eigenvalue weighted by Crippen LogP contribution is -2.29. The summed E-state index contributed by atoms with van der Waals surface area (Å²) in [5.74, 6) is -1.37. The molecule has 37 heavy (non-hydrogen) atoms. The van der Waals surface area contributed by atoms with Gasteiger partial charge in [-0.25, -0.2) is 0 Å². The van der Waals surface area contributed by atoms with Gasteiger partial charge in [0.15, 0.2) is 11.5 Å². The molecule has 10 heteroatoms. The number of carbonyl (C=O) groups is 2. The molecule has 1 unspecified atom stereocenters. The molecule has 0 bridgehead atoms. The van der Waals surface area contributed by atoms with Crippen LogP contribution in [0.4, 0.5) is 5.69 Å². The van der Waals surface area contributed by atoms with Crippen LogP contribution in [-0.2, 0) is 9.59 Å². The van der Waals surface area contributed by atoms with Crippen molar-refractivity contribution >= 4 is 34.7 Å². The van der Waals surface area contributed by atoms with Crippen LogP contribution in [0.2, 0.25) is 5.02 Å². The van der Waals surface area contributed by atoms with Gasteiger partial charge in [-0.05, 0) is 48.0 Å². The minimum Gasteiger partial charge on any atom is -0.507 e. The third-order valence-electron chi connectivity index (χ3n) is 6.01. The van der Waals surface area contributed by atoms with Crippen LogP contribution in [0, 0.1) is 0 Å². The number of halogens is 1. The maximum atomic E-state index is 13.4. The minimum absolute atomic E-state index is 0.0789. The molecule has 1 fully saturated rings. The van der Waals surface area contributed by atoms with E-state index in [0.29, 0.717) is 17.1 Å². The second-order valence-corrected chi connectivity index (χ2v) is 8.37. The molecule has 1 aliphatic rings. The first-order valence-electron chi connectivity index (χ1n) is 11.0. The average molecular weight is 526 g/mol. The number of benzene rings is 3. The number of Topliss-reactive ketones (excluding diaryl/α,β-unsaturated/α-hetero) is 1. The largest absolute Gasteiger partial charge is 0.507 e. The van der Waals surface area contributed by atoms with Gasteiger partial charge in [0, 0.05) is 5.56 Å². The van der Waals surface area contributed by atoms with Crippen LogP contribution >= 0.6 is 11.6 Å². The van der Waals surface area contributed by atoms with Crippen molar-refractivity contribution in [2.45, 2.75) is 6.04 Å². The average Bonchev–Trinajstić information content (AvgIpc) is 3.17. The number of anilines is 1. The Labute approximate surface area is 218 Å². The molecule has 192 valence electrons. The van der Waals surface area contributed by atoms with E-state index in [9.17, 15) is 19.8 Å². The lowest BCUT2D eigenvalue weighted by Gasteiger charge is -2.27. The molecule has 0 saturated carbocycles. The highest BCUT2D eigenvalue weighted by molar-refractivity contribution is 6.52. The molecule has 1 heterocycles. The van der Waals surface area contributed by atoms with Crippen LogP contribution in [0.25, 0.3) is 5.76 Å². The van der Waals surface area contributed by atoms with Crippen molar-refractivity contribution in [1.29, 1.82) is 0 Å². The van der Waals surface area contributed by atoms with Gasteiger partial charge in [-0.2, -0.15) is 0 Å². The normalized spacial score (nSPS) is 16.6. The number of phenolic OH excluding ortho intramolecular Hbond substituents is 1. The van der Waals surface area contributed by atoms with Crippen LogP contribution in [-0.4, -0.2) is 50.3 Å². The zero-order valence-corrected chi connectivity index (χ0v) is 21.2. The van der Waals surface area contributed by atoms with Crippen molar-refractivity contribution in [2.75, 3.05) is 33.3 Å². The molecule has 1 amide bonds. The highest BCUT2D eigenvalue weighted by Crippen LogP contribution is 2.48. The Balaban J connectivity index is 2.03. The summed E-state index contributed by atoms with van der Waals surface area (Å²) in [5.41, 5.74) is 0.413. The predicted molar refractivity (Wildman–Crippen MR) is 137 cm³/mol. The van der Waals surface area contributed by atoms with Crippen LogP contribution in [0.15, 0.2) is 60.2 Å². The first-order valence-corrected chi connectivity index (χ1v) is 11.4. The second kappa shape index (κ2) is 10.3. The smallest absolute Gasteiger partial charge is 0.300 e. The van der Waals surface area contributed by atoms with E-state index in [-0.39, 0.29) is 39.1 Å². The molecule has 0 spiro atoms.